The summed E-state index contributed by atoms with van der Waals surface area (Å²) in [7, 11) is 1.81. The van der Waals surface area contributed by atoms with Crippen LogP contribution in [0.2, 0.25) is 0 Å². The highest BCUT2D eigenvalue weighted by Gasteiger charge is 2.27. The number of hydrogen-bond donors (Lipinski definition) is 1. The van der Waals surface area contributed by atoms with Crippen LogP contribution in [-0.2, 0) is 7.05 Å². The molecule has 2 unspecified atom stereocenters. The third-order valence-corrected chi connectivity index (χ3v) is 3.53. The van der Waals surface area contributed by atoms with Crippen molar-refractivity contribution < 1.29 is 4.79 Å². The van der Waals surface area contributed by atoms with Gasteiger partial charge in [-0.2, -0.15) is 5.10 Å². The van der Waals surface area contributed by atoms with Crippen molar-refractivity contribution >= 4 is 17.5 Å². The van der Waals surface area contributed by atoms with E-state index in [4.69, 9.17) is 11.6 Å². The van der Waals surface area contributed by atoms with E-state index in [0.29, 0.717) is 5.56 Å². The molecular weight excluding hydrogens is 226 g/mol. The Morgan fingerprint density at radius 1 is 1.62 bits per heavy atom. The van der Waals surface area contributed by atoms with Gasteiger partial charge in [0, 0.05) is 19.3 Å². The average molecular weight is 242 g/mol. The van der Waals surface area contributed by atoms with Gasteiger partial charge in [-0.1, -0.05) is 0 Å². The summed E-state index contributed by atoms with van der Waals surface area (Å²) in [5.41, 5.74) is 1.39. The highest BCUT2D eigenvalue weighted by atomic mass is 35.5. The van der Waals surface area contributed by atoms with E-state index in [0.717, 1.165) is 25.0 Å². The van der Waals surface area contributed by atoms with Gasteiger partial charge in [-0.25, -0.2) is 0 Å². The Balaban J connectivity index is 2.05. The number of rotatable bonds is 2. The molecule has 2 rings (SSSR count). The molecule has 0 spiro atoms. The number of alkyl halides is 1. The van der Waals surface area contributed by atoms with Crippen LogP contribution in [0.25, 0.3) is 0 Å². The minimum absolute atomic E-state index is 0.0665. The van der Waals surface area contributed by atoms with Crippen molar-refractivity contribution in [3.05, 3.63) is 17.5 Å². The predicted molar refractivity (Wildman–Crippen MR) is 62.7 cm³/mol. The largest absolute Gasteiger partial charge is 0.348 e. The van der Waals surface area contributed by atoms with Crippen LogP contribution in [0, 0.1) is 6.92 Å². The summed E-state index contributed by atoms with van der Waals surface area (Å²) in [4.78, 5) is 12.0. The number of amides is 1. The molecule has 1 aliphatic rings. The molecule has 1 fully saturated rings. The molecule has 0 aromatic carbocycles. The number of carbonyl (C=O) groups excluding carboxylic acids is 1. The van der Waals surface area contributed by atoms with Crippen LogP contribution in [0.3, 0.4) is 0 Å². The molecule has 1 aliphatic carbocycles. The molecule has 1 aromatic rings. The molecule has 0 bridgehead atoms. The molecule has 1 heterocycles. The molecule has 1 aromatic heterocycles. The molecule has 1 N–H and O–H groups in total. The van der Waals surface area contributed by atoms with Gasteiger partial charge >= 0.3 is 0 Å². The summed E-state index contributed by atoms with van der Waals surface area (Å²) >= 11 is 6.12. The SMILES string of the molecule is Cc1nn(C)cc1C(=O)NC1CCCC1Cl. The van der Waals surface area contributed by atoms with E-state index in [9.17, 15) is 4.79 Å². The highest BCUT2D eigenvalue weighted by molar-refractivity contribution is 6.21. The Bertz CT molecular complexity index is 402. The van der Waals surface area contributed by atoms with Gasteiger partial charge in [0.15, 0.2) is 0 Å². The third-order valence-electron chi connectivity index (χ3n) is 3.01. The molecule has 1 amide bonds. The Hall–Kier alpha value is -1.03. The van der Waals surface area contributed by atoms with E-state index in [1.54, 1.807) is 10.9 Å². The normalized spacial score (nSPS) is 24.7. The first kappa shape index (κ1) is 11.5. The number of nitrogens with one attached hydrogen (secondary N) is 1. The fourth-order valence-electron chi connectivity index (χ4n) is 2.15. The topological polar surface area (TPSA) is 46.9 Å². The first-order valence-corrected chi connectivity index (χ1v) is 5.96. The minimum atomic E-state index is -0.0665. The molecule has 88 valence electrons. The van der Waals surface area contributed by atoms with Crippen molar-refractivity contribution in [3.8, 4) is 0 Å². The van der Waals surface area contributed by atoms with E-state index in [2.05, 4.69) is 10.4 Å². The smallest absolute Gasteiger partial charge is 0.255 e. The first-order chi connectivity index (χ1) is 7.58. The third kappa shape index (κ3) is 2.21. The molecule has 0 saturated heterocycles. The van der Waals surface area contributed by atoms with Gasteiger partial charge in [0.2, 0.25) is 0 Å². The lowest BCUT2D eigenvalue weighted by molar-refractivity contribution is 0.0937. The maximum Gasteiger partial charge on any atom is 0.255 e. The van der Waals surface area contributed by atoms with Gasteiger partial charge in [0.25, 0.3) is 5.91 Å². The minimum Gasteiger partial charge on any atom is -0.348 e. The zero-order valence-corrected chi connectivity index (χ0v) is 10.3. The lowest BCUT2D eigenvalue weighted by atomic mass is 10.2. The van der Waals surface area contributed by atoms with E-state index >= 15 is 0 Å². The van der Waals surface area contributed by atoms with Crippen LogP contribution < -0.4 is 5.32 Å². The number of halogens is 1. The van der Waals surface area contributed by atoms with Gasteiger partial charge in [0.1, 0.15) is 0 Å². The van der Waals surface area contributed by atoms with E-state index in [-0.39, 0.29) is 17.3 Å². The first-order valence-electron chi connectivity index (χ1n) is 5.53. The summed E-state index contributed by atoms with van der Waals surface area (Å²) in [6.45, 7) is 1.84. The van der Waals surface area contributed by atoms with Crippen LogP contribution >= 0.6 is 11.6 Å². The van der Waals surface area contributed by atoms with Gasteiger partial charge in [0.05, 0.1) is 16.6 Å². The number of hydrogen-bond acceptors (Lipinski definition) is 2. The molecule has 0 aliphatic heterocycles. The van der Waals surface area contributed by atoms with Crippen molar-refractivity contribution in [1.29, 1.82) is 0 Å². The second-order valence-electron chi connectivity index (χ2n) is 4.33. The second-order valence-corrected chi connectivity index (χ2v) is 4.89. The molecule has 16 heavy (non-hydrogen) atoms. The maximum atomic E-state index is 12.0. The quantitative estimate of drug-likeness (QED) is 0.800. The van der Waals surface area contributed by atoms with Crippen LogP contribution in [0.1, 0.15) is 35.3 Å². The fraction of sp³-hybridized carbons (Fsp3) is 0.636. The number of aryl methyl sites for hydroxylation is 2. The zero-order chi connectivity index (χ0) is 11.7. The molecule has 5 heteroatoms. The van der Waals surface area contributed by atoms with Crippen LogP contribution in [0.5, 0.6) is 0 Å². The molecular formula is C11H16ClN3O. The van der Waals surface area contributed by atoms with Crippen LogP contribution in [0.15, 0.2) is 6.20 Å². The zero-order valence-electron chi connectivity index (χ0n) is 9.53. The van der Waals surface area contributed by atoms with Crippen molar-refractivity contribution in [2.24, 2.45) is 7.05 Å². The highest BCUT2D eigenvalue weighted by Crippen LogP contribution is 2.24. The van der Waals surface area contributed by atoms with Gasteiger partial charge < -0.3 is 5.32 Å². The van der Waals surface area contributed by atoms with E-state index in [1.165, 1.54) is 0 Å². The van der Waals surface area contributed by atoms with Gasteiger partial charge in [-0.15, -0.1) is 11.6 Å². The lowest BCUT2D eigenvalue weighted by Gasteiger charge is -2.15. The van der Waals surface area contributed by atoms with Crippen molar-refractivity contribution in [1.82, 2.24) is 15.1 Å². The summed E-state index contributed by atoms with van der Waals surface area (Å²) in [6.07, 6.45) is 4.78. The molecule has 2 atom stereocenters. The predicted octanol–water partition coefficient (Wildman–Crippen LogP) is 1.62. The number of nitrogens with zero attached hydrogens (tertiary/aromatic N) is 2. The Labute approximate surface area is 100.0 Å². The molecule has 4 nitrogen and oxygen atoms in total. The monoisotopic (exact) mass is 241 g/mol. The molecule has 1 saturated carbocycles. The number of carbonyl (C=O) groups is 1. The average Bonchev–Trinajstić information content (AvgIpc) is 2.74. The summed E-state index contributed by atoms with van der Waals surface area (Å²) in [5, 5.41) is 7.19. The summed E-state index contributed by atoms with van der Waals surface area (Å²) in [5.74, 6) is -0.0665. The van der Waals surface area contributed by atoms with Crippen molar-refractivity contribution in [3.63, 3.8) is 0 Å². The summed E-state index contributed by atoms with van der Waals surface area (Å²) < 4.78 is 1.65. The van der Waals surface area contributed by atoms with E-state index in [1.807, 2.05) is 14.0 Å². The standard InChI is InChI=1S/C11H16ClN3O/c1-7-8(6-15(2)14-7)11(16)13-10-5-3-4-9(10)12/h6,9-10H,3-5H2,1-2H3,(H,13,16). The number of aromatic nitrogens is 2. The maximum absolute atomic E-state index is 12.0. The Kier molecular flexibility index (Phi) is 3.19. The Morgan fingerprint density at radius 2 is 2.38 bits per heavy atom. The van der Waals surface area contributed by atoms with Gasteiger partial charge in [-0.3, -0.25) is 9.48 Å². The van der Waals surface area contributed by atoms with Crippen molar-refractivity contribution in [2.75, 3.05) is 0 Å². The van der Waals surface area contributed by atoms with Gasteiger partial charge in [-0.05, 0) is 26.2 Å². The molecule has 0 radical (unpaired) electrons. The Morgan fingerprint density at radius 3 is 2.88 bits per heavy atom. The fourth-order valence-corrected chi connectivity index (χ4v) is 2.49. The van der Waals surface area contributed by atoms with Crippen LogP contribution in [0.4, 0.5) is 0 Å². The van der Waals surface area contributed by atoms with Crippen molar-refractivity contribution in [2.45, 2.75) is 37.6 Å². The lowest BCUT2D eigenvalue weighted by Crippen LogP contribution is -2.37. The summed E-state index contributed by atoms with van der Waals surface area (Å²) in [6, 6.07) is 0.105. The second kappa shape index (κ2) is 4.45. The van der Waals surface area contributed by atoms with E-state index < -0.39 is 0 Å². The van der Waals surface area contributed by atoms with Crippen LogP contribution in [-0.4, -0.2) is 27.1 Å².